The molecule has 0 unspecified atom stereocenters. The van der Waals surface area contributed by atoms with E-state index >= 15 is 0 Å². The van der Waals surface area contributed by atoms with Crippen LogP contribution < -0.4 is 0 Å². The summed E-state index contributed by atoms with van der Waals surface area (Å²) < 4.78 is 0. The van der Waals surface area contributed by atoms with E-state index in [0.717, 1.165) is 0 Å². The molecule has 7 nitrogen and oxygen atoms in total. The first-order chi connectivity index (χ1) is 7.34. The zero-order valence-corrected chi connectivity index (χ0v) is 9.40. The van der Waals surface area contributed by atoms with Crippen molar-refractivity contribution in [2.45, 2.75) is 0 Å². The Hall–Kier alpha value is -2.04. The van der Waals surface area contributed by atoms with E-state index < -0.39 is 40.3 Å². The Morgan fingerprint density at radius 1 is 0.765 bits per heavy atom. The minimum atomic E-state index is -1.58. The molecule has 0 fully saturated rings. The number of carboxylic acids is 3. The quantitative estimate of drug-likeness (QED) is 0.561. The molecule has 0 aliphatic carbocycles. The number of aromatic hydroxyl groups is 1. The third-order valence-corrected chi connectivity index (χ3v) is 1.83. The van der Waals surface area contributed by atoms with E-state index in [1.54, 1.807) is 0 Å². The third-order valence-electron chi connectivity index (χ3n) is 1.83. The van der Waals surface area contributed by atoms with Crippen molar-refractivity contribution in [3.8, 4) is 5.75 Å². The molecule has 8 heteroatoms. The minimum absolute atomic E-state index is 0. The summed E-state index contributed by atoms with van der Waals surface area (Å²) in [5, 5.41) is 35.1. The molecule has 3 radical (unpaired) electrons. The van der Waals surface area contributed by atoms with Crippen LogP contribution in [0.4, 0.5) is 0 Å². The smallest absolute Gasteiger partial charge is 0.339 e. The molecule has 0 bridgehead atoms. The van der Waals surface area contributed by atoms with E-state index in [4.69, 9.17) is 15.3 Å². The van der Waals surface area contributed by atoms with Gasteiger partial charge in [-0.25, -0.2) is 14.4 Å². The van der Waals surface area contributed by atoms with E-state index in [1.165, 1.54) is 0 Å². The van der Waals surface area contributed by atoms with Crippen LogP contribution in [-0.4, -0.2) is 55.7 Å². The Balaban J connectivity index is 0.00000256. The number of rotatable bonds is 3. The average molecular weight is 253 g/mol. The third kappa shape index (κ3) is 2.96. The first-order valence-corrected chi connectivity index (χ1v) is 3.91. The fourth-order valence-electron chi connectivity index (χ4n) is 1.11. The molecule has 0 spiro atoms. The Kier molecular flexibility index (Phi) is 4.70. The molecular formula is C9H6AlO7. The highest BCUT2D eigenvalue weighted by molar-refractivity contribution is 6.04. The number of benzene rings is 1. The fourth-order valence-corrected chi connectivity index (χ4v) is 1.11. The van der Waals surface area contributed by atoms with E-state index in [9.17, 15) is 19.5 Å². The standard InChI is InChI=1S/C9H6O7.Al/c10-6-2-4(8(13)14)3(7(11)12)1-5(6)9(15)16;/h1-2,10H,(H,11,12)(H,13,14)(H,15,16);. The Bertz CT molecular complexity index is 494. The summed E-state index contributed by atoms with van der Waals surface area (Å²) in [6.07, 6.45) is 0. The Morgan fingerprint density at radius 2 is 1.12 bits per heavy atom. The zero-order valence-electron chi connectivity index (χ0n) is 8.25. The predicted molar refractivity (Wildman–Crippen MR) is 54.7 cm³/mol. The van der Waals surface area contributed by atoms with E-state index in [0.29, 0.717) is 12.1 Å². The number of carbonyl (C=O) groups is 3. The largest absolute Gasteiger partial charge is 0.507 e. The molecule has 0 saturated heterocycles. The molecule has 0 amide bonds. The van der Waals surface area contributed by atoms with Crippen LogP contribution in [0.25, 0.3) is 0 Å². The summed E-state index contributed by atoms with van der Waals surface area (Å²) in [4.78, 5) is 31.9. The molecule has 1 rings (SSSR count). The Labute approximate surface area is 105 Å². The van der Waals surface area contributed by atoms with Gasteiger partial charge >= 0.3 is 17.9 Å². The first-order valence-electron chi connectivity index (χ1n) is 3.91. The molecule has 0 heterocycles. The van der Waals surface area contributed by atoms with Gasteiger partial charge in [0.05, 0.1) is 11.1 Å². The van der Waals surface area contributed by atoms with Gasteiger partial charge in [-0.3, -0.25) is 0 Å². The van der Waals surface area contributed by atoms with Gasteiger partial charge in [0.2, 0.25) is 0 Å². The lowest BCUT2D eigenvalue weighted by atomic mass is 10.0. The molecule has 0 saturated carbocycles. The fraction of sp³-hybridized carbons (Fsp3) is 0. The van der Waals surface area contributed by atoms with Crippen molar-refractivity contribution in [1.82, 2.24) is 0 Å². The van der Waals surface area contributed by atoms with Gasteiger partial charge in [-0.05, 0) is 12.1 Å². The maximum Gasteiger partial charge on any atom is 0.339 e. The molecule has 1 aromatic rings. The zero-order chi connectivity index (χ0) is 12.5. The number of aromatic carboxylic acids is 3. The normalized spacial score (nSPS) is 9.18. The van der Waals surface area contributed by atoms with Crippen molar-refractivity contribution < 1.29 is 34.8 Å². The molecule has 0 aliphatic rings. The highest BCUT2D eigenvalue weighted by Gasteiger charge is 2.21. The van der Waals surface area contributed by atoms with Crippen molar-refractivity contribution in [2.75, 3.05) is 0 Å². The van der Waals surface area contributed by atoms with Gasteiger partial charge < -0.3 is 20.4 Å². The molecule has 17 heavy (non-hydrogen) atoms. The summed E-state index contributed by atoms with van der Waals surface area (Å²) in [5.74, 6) is -5.49. The molecule has 4 N–H and O–H groups in total. The van der Waals surface area contributed by atoms with E-state index in [-0.39, 0.29) is 17.4 Å². The van der Waals surface area contributed by atoms with Gasteiger partial charge in [-0.15, -0.1) is 0 Å². The molecular weight excluding hydrogens is 247 g/mol. The monoisotopic (exact) mass is 253 g/mol. The highest BCUT2D eigenvalue weighted by atomic mass is 27.0. The maximum absolute atomic E-state index is 10.7. The van der Waals surface area contributed by atoms with Gasteiger partial charge in [0.1, 0.15) is 11.3 Å². The van der Waals surface area contributed by atoms with Crippen molar-refractivity contribution in [3.63, 3.8) is 0 Å². The first kappa shape index (κ1) is 15.0. The number of carboxylic acid groups (broad SMARTS) is 3. The van der Waals surface area contributed by atoms with Crippen LogP contribution in [0.1, 0.15) is 31.1 Å². The average Bonchev–Trinajstić information content (AvgIpc) is 2.15. The molecule has 0 atom stereocenters. The molecule has 1 aromatic carbocycles. The number of hydrogen-bond donors (Lipinski definition) is 4. The molecule has 87 valence electrons. The number of phenols is 1. The van der Waals surface area contributed by atoms with Crippen molar-refractivity contribution >= 4 is 35.3 Å². The SMILES string of the molecule is O=C(O)c1cc(C(=O)O)c(C(=O)O)cc1O.[Al]. The van der Waals surface area contributed by atoms with Gasteiger partial charge in [-0.1, -0.05) is 0 Å². The second-order valence-electron chi connectivity index (χ2n) is 2.83. The summed E-state index contributed by atoms with van der Waals surface area (Å²) in [7, 11) is 0. The topological polar surface area (TPSA) is 132 Å². The van der Waals surface area contributed by atoms with Gasteiger partial charge in [0.15, 0.2) is 0 Å². The molecule has 0 aliphatic heterocycles. The predicted octanol–water partition coefficient (Wildman–Crippen LogP) is 0.106. The van der Waals surface area contributed by atoms with E-state index in [2.05, 4.69) is 0 Å². The van der Waals surface area contributed by atoms with Crippen molar-refractivity contribution in [3.05, 3.63) is 28.8 Å². The molecule has 0 aromatic heterocycles. The lowest BCUT2D eigenvalue weighted by molar-refractivity contribution is 0.0648. The lowest BCUT2D eigenvalue weighted by Crippen LogP contribution is -2.10. The lowest BCUT2D eigenvalue weighted by Gasteiger charge is -2.05. The van der Waals surface area contributed by atoms with Gasteiger partial charge in [0, 0.05) is 17.4 Å². The van der Waals surface area contributed by atoms with Crippen LogP contribution in [0.15, 0.2) is 12.1 Å². The number of hydrogen-bond acceptors (Lipinski definition) is 4. The second-order valence-corrected chi connectivity index (χ2v) is 2.83. The van der Waals surface area contributed by atoms with Gasteiger partial charge in [-0.2, -0.15) is 0 Å². The van der Waals surface area contributed by atoms with Crippen LogP contribution in [0, 0.1) is 0 Å². The summed E-state index contributed by atoms with van der Waals surface area (Å²) in [6.45, 7) is 0. The van der Waals surface area contributed by atoms with Crippen LogP contribution in [0.3, 0.4) is 0 Å². The van der Waals surface area contributed by atoms with Crippen LogP contribution >= 0.6 is 0 Å². The van der Waals surface area contributed by atoms with Crippen LogP contribution in [0.2, 0.25) is 0 Å². The van der Waals surface area contributed by atoms with Crippen molar-refractivity contribution in [1.29, 1.82) is 0 Å². The van der Waals surface area contributed by atoms with Crippen LogP contribution in [-0.2, 0) is 0 Å². The van der Waals surface area contributed by atoms with Crippen LogP contribution in [0.5, 0.6) is 5.75 Å². The van der Waals surface area contributed by atoms with E-state index in [1.807, 2.05) is 0 Å². The van der Waals surface area contributed by atoms with Gasteiger partial charge in [0.25, 0.3) is 0 Å². The second kappa shape index (κ2) is 5.34. The van der Waals surface area contributed by atoms with Crippen molar-refractivity contribution in [2.24, 2.45) is 0 Å². The maximum atomic E-state index is 10.7. The summed E-state index contributed by atoms with van der Waals surface area (Å²) in [5.41, 5.74) is -2.03. The highest BCUT2D eigenvalue weighted by Crippen LogP contribution is 2.23. The summed E-state index contributed by atoms with van der Waals surface area (Å²) >= 11 is 0. The Morgan fingerprint density at radius 3 is 1.47 bits per heavy atom. The minimum Gasteiger partial charge on any atom is -0.507 e. The summed E-state index contributed by atoms with van der Waals surface area (Å²) in [6, 6.07) is 1.19.